The lowest BCUT2D eigenvalue weighted by Crippen LogP contribution is -2.54. The van der Waals surface area contributed by atoms with Crippen LogP contribution in [0.2, 0.25) is 0 Å². The van der Waals surface area contributed by atoms with Gasteiger partial charge in [0.1, 0.15) is 11.6 Å². The number of nitrogens with zero attached hydrogens (tertiary/aromatic N) is 4. The minimum Gasteiger partial charge on any atom is -0.444 e. The lowest BCUT2D eigenvalue weighted by Gasteiger charge is -2.43. The minimum atomic E-state index is -0.603. The molecule has 0 aromatic heterocycles. The van der Waals surface area contributed by atoms with Crippen LogP contribution in [0.5, 0.6) is 0 Å². The zero-order valence-electron chi connectivity index (χ0n) is 22.0. The van der Waals surface area contributed by atoms with Crippen molar-refractivity contribution in [3.63, 3.8) is 0 Å². The summed E-state index contributed by atoms with van der Waals surface area (Å²) in [6.45, 7) is 11.0. The van der Waals surface area contributed by atoms with E-state index in [0.717, 1.165) is 50.3 Å². The van der Waals surface area contributed by atoms with Gasteiger partial charge in [-0.2, -0.15) is 0 Å². The third-order valence-corrected chi connectivity index (χ3v) is 7.84. The van der Waals surface area contributed by atoms with Gasteiger partial charge in [-0.25, -0.2) is 4.79 Å². The van der Waals surface area contributed by atoms with E-state index in [-0.39, 0.29) is 30.2 Å². The van der Waals surface area contributed by atoms with Crippen LogP contribution in [0.1, 0.15) is 62.4 Å². The number of carbonyl (C=O) groups excluding carboxylic acids is 4. The zero-order chi connectivity index (χ0) is 26.3. The highest BCUT2D eigenvalue weighted by Gasteiger charge is 2.40. The Hall–Kier alpha value is -3.14. The first-order valence-electron chi connectivity index (χ1n) is 13.3. The average Bonchev–Trinajstić information content (AvgIpc) is 3.19. The highest BCUT2D eigenvalue weighted by atomic mass is 16.6. The molecule has 10 nitrogen and oxygen atoms in total. The third-order valence-electron chi connectivity index (χ3n) is 7.84. The summed E-state index contributed by atoms with van der Waals surface area (Å²) in [5, 5.41) is 2.37. The number of hydrogen-bond donors (Lipinski definition) is 1. The van der Waals surface area contributed by atoms with Crippen LogP contribution in [-0.2, 0) is 20.9 Å². The second-order valence-electron chi connectivity index (χ2n) is 11.4. The summed E-state index contributed by atoms with van der Waals surface area (Å²) in [6.07, 6.45) is 2.27. The Bertz CT molecular complexity index is 1080. The molecule has 0 bridgehead atoms. The van der Waals surface area contributed by atoms with Crippen LogP contribution < -0.4 is 10.2 Å². The third kappa shape index (κ3) is 5.30. The number of rotatable bonds is 3. The lowest BCUT2D eigenvalue weighted by atomic mass is 10.0. The van der Waals surface area contributed by atoms with E-state index < -0.39 is 11.6 Å². The molecule has 0 aliphatic carbocycles. The fourth-order valence-electron chi connectivity index (χ4n) is 5.93. The van der Waals surface area contributed by atoms with Crippen molar-refractivity contribution < 1.29 is 23.9 Å². The second-order valence-corrected chi connectivity index (χ2v) is 11.4. The number of piperidine rings is 2. The van der Waals surface area contributed by atoms with E-state index in [1.165, 1.54) is 0 Å². The van der Waals surface area contributed by atoms with E-state index in [9.17, 15) is 19.2 Å². The van der Waals surface area contributed by atoms with Crippen molar-refractivity contribution in [3.05, 3.63) is 29.3 Å². The molecule has 3 saturated heterocycles. The molecule has 4 aliphatic heterocycles. The van der Waals surface area contributed by atoms with Gasteiger partial charge >= 0.3 is 6.09 Å². The first-order chi connectivity index (χ1) is 17.6. The standard InChI is InChI=1S/C27H37N5O5/c1-27(2,3)37-26(36)31-11-9-18(10-12-31)29-13-15-30(16-14-29)21-6-4-5-19-20(21)17-32(25(19)35)22-7-8-23(33)28-24(22)34/h4-6,18,22H,7-17H2,1-3H3,(H,28,33,34). The number of carbonyl (C=O) groups is 4. The lowest BCUT2D eigenvalue weighted by molar-refractivity contribution is -0.136. The molecule has 0 spiro atoms. The summed E-state index contributed by atoms with van der Waals surface area (Å²) in [6, 6.07) is 5.66. The van der Waals surface area contributed by atoms with Gasteiger partial charge in [0.05, 0.1) is 0 Å². The maximum absolute atomic E-state index is 13.2. The molecule has 200 valence electrons. The van der Waals surface area contributed by atoms with Gasteiger partial charge in [0.2, 0.25) is 11.8 Å². The van der Waals surface area contributed by atoms with Crippen LogP contribution >= 0.6 is 0 Å². The predicted octanol–water partition coefficient (Wildman–Crippen LogP) is 1.97. The van der Waals surface area contributed by atoms with Crippen molar-refractivity contribution >= 4 is 29.5 Å². The van der Waals surface area contributed by atoms with Gasteiger partial charge in [-0.15, -0.1) is 0 Å². The first kappa shape index (κ1) is 25.5. The van der Waals surface area contributed by atoms with Crippen LogP contribution in [0.25, 0.3) is 0 Å². The molecular weight excluding hydrogens is 474 g/mol. The van der Waals surface area contributed by atoms with Gasteiger partial charge in [0.25, 0.3) is 5.91 Å². The molecule has 4 heterocycles. The fourth-order valence-corrected chi connectivity index (χ4v) is 5.93. The topological polar surface area (TPSA) is 102 Å². The van der Waals surface area contributed by atoms with Crippen molar-refractivity contribution in [1.82, 2.24) is 20.0 Å². The molecule has 1 unspecified atom stereocenters. The molecule has 5 rings (SSSR count). The van der Waals surface area contributed by atoms with Crippen molar-refractivity contribution in [1.29, 1.82) is 0 Å². The van der Waals surface area contributed by atoms with E-state index >= 15 is 0 Å². The maximum Gasteiger partial charge on any atom is 0.410 e. The summed E-state index contributed by atoms with van der Waals surface area (Å²) in [5.74, 6) is -0.800. The molecule has 1 aromatic carbocycles. The second kappa shape index (κ2) is 9.96. The summed E-state index contributed by atoms with van der Waals surface area (Å²) in [4.78, 5) is 57.8. The molecule has 1 N–H and O–H groups in total. The Balaban J connectivity index is 1.18. The molecule has 1 atom stereocenters. The number of likely N-dealkylation sites (tertiary alicyclic amines) is 1. The number of piperazine rings is 1. The Labute approximate surface area is 217 Å². The Morgan fingerprint density at radius 3 is 2.32 bits per heavy atom. The number of imide groups is 1. The average molecular weight is 512 g/mol. The van der Waals surface area contributed by atoms with Gasteiger partial charge in [0, 0.05) is 75.1 Å². The monoisotopic (exact) mass is 511 g/mol. The summed E-state index contributed by atoms with van der Waals surface area (Å²) < 4.78 is 5.52. The number of anilines is 1. The molecule has 4 amide bonds. The summed E-state index contributed by atoms with van der Waals surface area (Å²) >= 11 is 0. The zero-order valence-corrected chi connectivity index (χ0v) is 22.0. The number of hydrogen-bond acceptors (Lipinski definition) is 7. The van der Waals surface area contributed by atoms with Gasteiger partial charge in [-0.3, -0.25) is 24.6 Å². The molecular formula is C27H37N5O5. The minimum absolute atomic E-state index is 0.137. The molecule has 10 heteroatoms. The number of nitrogens with one attached hydrogen (secondary N) is 1. The van der Waals surface area contributed by atoms with Crippen LogP contribution in [0.3, 0.4) is 0 Å². The summed E-state index contributed by atoms with van der Waals surface area (Å²) in [7, 11) is 0. The molecule has 3 fully saturated rings. The van der Waals surface area contributed by atoms with E-state index in [2.05, 4.69) is 21.2 Å². The van der Waals surface area contributed by atoms with Crippen LogP contribution in [0, 0.1) is 0 Å². The number of ether oxygens (including phenoxy) is 1. The molecule has 37 heavy (non-hydrogen) atoms. The van der Waals surface area contributed by atoms with Crippen molar-refractivity contribution in [3.8, 4) is 0 Å². The van der Waals surface area contributed by atoms with E-state index in [1.54, 1.807) is 4.90 Å². The van der Waals surface area contributed by atoms with Crippen LogP contribution in [0.15, 0.2) is 18.2 Å². The van der Waals surface area contributed by atoms with Gasteiger partial charge in [0.15, 0.2) is 0 Å². The van der Waals surface area contributed by atoms with Crippen molar-refractivity contribution in [2.24, 2.45) is 0 Å². The number of fused-ring (bicyclic) bond motifs is 1. The first-order valence-corrected chi connectivity index (χ1v) is 13.3. The van der Waals surface area contributed by atoms with E-state index in [4.69, 9.17) is 4.74 Å². The highest BCUT2D eigenvalue weighted by molar-refractivity contribution is 6.06. The van der Waals surface area contributed by atoms with Gasteiger partial charge < -0.3 is 19.4 Å². The number of benzene rings is 1. The fraction of sp³-hybridized carbons (Fsp3) is 0.630. The largest absolute Gasteiger partial charge is 0.444 e. The molecule has 0 radical (unpaired) electrons. The SMILES string of the molecule is CC(C)(C)OC(=O)N1CCC(N2CCN(c3cccc4c3CN(C3CCC(=O)NC3=O)C4=O)CC2)CC1. The van der Waals surface area contributed by atoms with E-state index in [1.807, 2.05) is 37.8 Å². The highest BCUT2D eigenvalue weighted by Crippen LogP contribution is 2.35. The molecule has 0 saturated carbocycles. The Morgan fingerprint density at radius 1 is 0.973 bits per heavy atom. The normalized spacial score (nSPS) is 23.8. The quantitative estimate of drug-likeness (QED) is 0.619. The smallest absolute Gasteiger partial charge is 0.410 e. The summed E-state index contributed by atoms with van der Waals surface area (Å²) in [5.41, 5.74) is 2.20. The maximum atomic E-state index is 13.2. The van der Waals surface area contributed by atoms with Gasteiger partial charge in [-0.05, 0) is 52.2 Å². The van der Waals surface area contributed by atoms with Crippen molar-refractivity contribution in [2.45, 2.75) is 70.7 Å². The Morgan fingerprint density at radius 2 is 1.68 bits per heavy atom. The molecule has 4 aliphatic rings. The van der Waals surface area contributed by atoms with Crippen LogP contribution in [-0.4, -0.2) is 95.5 Å². The molecule has 1 aromatic rings. The Kier molecular flexibility index (Phi) is 6.87. The van der Waals surface area contributed by atoms with Crippen molar-refractivity contribution in [2.75, 3.05) is 44.2 Å². The number of amides is 4. The van der Waals surface area contributed by atoms with Crippen LogP contribution in [0.4, 0.5) is 10.5 Å². The van der Waals surface area contributed by atoms with E-state index in [0.29, 0.717) is 37.7 Å². The van der Waals surface area contributed by atoms with Gasteiger partial charge in [-0.1, -0.05) is 6.07 Å². The predicted molar refractivity (Wildman–Crippen MR) is 137 cm³/mol.